The maximum absolute atomic E-state index is 13.6. The van der Waals surface area contributed by atoms with Gasteiger partial charge in [0, 0.05) is 44.2 Å². The topological polar surface area (TPSA) is 220 Å². The number of hydrogen-bond donors (Lipinski definition) is 6. The SMILES string of the molecule is CN(C)c1cc(C(=O)NCCO)c(O)c2c1C[C@H]1C[C@H]3CC(N=O)=C(C(N)=O)C(=O)[C@@]3(O)C(=O)C1=C2O. The first-order valence-corrected chi connectivity index (χ1v) is 11.5. The number of nitrogens with one attached hydrogen (secondary N) is 1. The summed E-state index contributed by atoms with van der Waals surface area (Å²) in [6.45, 7) is -0.440. The van der Waals surface area contributed by atoms with Crippen LogP contribution in [0.3, 0.4) is 0 Å². The van der Waals surface area contributed by atoms with Crippen molar-refractivity contribution in [1.29, 1.82) is 0 Å². The van der Waals surface area contributed by atoms with Gasteiger partial charge in [-0.2, -0.15) is 0 Å². The summed E-state index contributed by atoms with van der Waals surface area (Å²) in [7, 11) is 3.36. The van der Waals surface area contributed by atoms with Crippen molar-refractivity contribution >= 4 is 34.8 Å². The zero-order valence-electron chi connectivity index (χ0n) is 20.1. The monoisotopic (exact) mass is 514 g/mol. The van der Waals surface area contributed by atoms with Gasteiger partial charge in [-0.15, -0.1) is 4.91 Å². The van der Waals surface area contributed by atoms with E-state index in [9.17, 15) is 39.4 Å². The summed E-state index contributed by atoms with van der Waals surface area (Å²) >= 11 is 0. The van der Waals surface area contributed by atoms with Crippen molar-refractivity contribution in [1.82, 2.24) is 5.32 Å². The number of amides is 2. The van der Waals surface area contributed by atoms with Crippen LogP contribution < -0.4 is 16.0 Å². The van der Waals surface area contributed by atoms with Gasteiger partial charge in [-0.1, -0.05) is 0 Å². The number of hydrogen-bond acceptors (Lipinski definition) is 11. The third-order valence-corrected chi connectivity index (χ3v) is 7.27. The quantitative estimate of drug-likeness (QED) is 0.161. The van der Waals surface area contributed by atoms with E-state index in [1.54, 1.807) is 19.0 Å². The number of aliphatic hydroxyl groups is 3. The summed E-state index contributed by atoms with van der Waals surface area (Å²) in [5.41, 5.74) is 1.27. The fraction of sp³-hybridized carbons (Fsp3) is 0.417. The second-order valence-corrected chi connectivity index (χ2v) is 9.52. The molecule has 13 nitrogen and oxygen atoms in total. The van der Waals surface area contributed by atoms with Gasteiger partial charge in [-0.3, -0.25) is 19.2 Å². The van der Waals surface area contributed by atoms with Gasteiger partial charge in [0.25, 0.3) is 11.8 Å². The highest BCUT2D eigenvalue weighted by atomic mass is 16.3. The lowest BCUT2D eigenvalue weighted by atomic mass is 9.58. The van der Waals surface area contributed by atoms with Gasteiger partial charge in [0.05, 0.1) is 17.7 Å². The van der Waals surface area contributed by atoms with E-state index in [-0.39, 0.29) is 49.1 Å². The van der Waals surface area contributed by atoms with Crippen LogP contribution in [0.4, 0.5) is 5.69 Å². The van der Waals surface area contributed by atoms with Crippen LogP contribution in [0.2, 0.25) is 0 Å². The normalized spacial score (nSPS) is 24.8. The molecule has 196 valence electrons. The number of rotatable bonds is 6. The van der Waals surface area contributed by atoms with E-state index in [2.05, 4.69) is 10.5 Å². The number of aromatic hydroxyl groups is 1. The van der Waals surface area contributed by atoms with E-state index in [0.29, 0.717) is 11.3 Å². The minimum Gasteiger partial charge on any atom is -0.507 e. The Morgan fingerprint density at radius 2 is 1.89 bits per heavy atom. The van der Waals surface area contributed by atoms with E-state index in [4.69, 9.17) is 10.8 Å². The molecule has 0 unspecified atom stereocenters. The van der Waals surface area contributed by atoms with E-state index >= 15 is 0 Å². The Morgan fingerprint density at radius 3 is 2.46 bits per heavy atom. The number of aliphatic hydroxyl groups excluding tert-OH is 2. The summed E-state index contributed by atoms with van der Waals surface area (Å²) in [5.74, 6) is -7.75. The highest BCUT2D eigenvalue weighted by molar-refractivity contribution is 6.32. The fourth-order valence-electron chi connectivity index (χ4n) is 5.59. The lowest BCUT2D eigenvalue weighted by Crippen LogP contribution is -2.61. The average Bonchev–Trinajstić information content (AvgIpc) is 2.83. The average molecular weight is 514 g/mol. The molecule has 0 aromatic heterocycles. The van der Waals surface area contributed by atoms with Crippen LogP contribution in [-0.2, 0) is 20.8 Å². The molecule has 0 aliphatic heterocycles. The van der Waals surface area contributed by atoms with Gasteiger partial charge in [-0.25, -0.2) is 0 Å². The molecule has 3 aliphatic rings. The molecule has 2 amide bonds. The first-order chi connectivity index (χ1) is 17.4. The number of phenolic OH excluding ortho intramolecular Hbond substituents is 1. The van der Waals surface area contributed by atoms with E-state index in [1.165, 1.54) is 6.07 Å². The Kier molecular flexibility index (Phi) is 6.38. The largest absolute Gasteiger partial charge is 0.507 e. The molecule has 7 N–H and O–H groups in total. The molecule has 1 aromatic rings. The summed E-state index contributed by atoms with van der Waals surface area (Å²) in [6, 6.07) is 1.42. The standard InChI is InChI=1S/C24H26N4O9/c1-28(2)14-8-12(23(35)26-3-4-29)18(30)16-11(14)6-9-5-10-7-13(27-37)17(22(25)34)21(33)24(10,36)20(32)15(9)19(16)31/h8-10,29-31,36H,3-7H2,1-2H3,(H2,25,34)(H,26,35)/t9-,10+,24+/m1/s1. The number of carbonyl (C=O) groups excluding carboxylic acids is 4. The number of carbonyl (C=O) groups is 4. The maximum Gasteiger partial charge on any atom is 0.255 e. The van der Waals surface area contributed by atoms with Crippen LogP contribution in [0, 0.1) is 16.7 Å². The van der Waals surface area contributed by atoms with Crippen molar-refractivity contribution in [2.75, 3.05) is 32.1 Å². The van der Waals surface area contributed by atoms with Crippen LogP contribution in [0.1, 0.15) is 34.3 Å². The van der Waals surface area contributed by atoms with Crippen LogP contribution >= 0.6 is 0 Å². The van der Waals surface area contributed by atoms with Crippen molar-refractivity contribution in [2.24, 2.45) is 22.7 Å². The zero-order chi connectivity index (χ0) is 27.4. The van der Waals surface area contributed by atoms with Gasteiger partial charge >= 0.3 is 0 Å². The molecule has 3 aliphatic carbocycles. The lowest BCUT2D eigenvalue weighted by Gasteiger charge is -2.45. The highest BCUT2D eigenvalue weighted by Gasteiger charge is 2.61. The summed E-state index contributed by atoms with van der Waals surface area (Å²) in [5, 5.41) is 47.8. The summed E-state index contributed by atoms with van der Waals surface area (Å²) < 4.78 is 0. The summed E-state index contributed by atoms with van der Waals surface area (Å²) in [6.07, 6.45) is -0.274. The molecular weight excluding hydrogens is 488 g/mol. The number of anilines is 1. The number of nitrogens with zero attached hydrogens (tertiary/aromatic N) is 2. The lowest BCUT2D eigenvalue weighted by molar-refractivity contribution is -0.157. The van der Waals surface area contributed by atoms with Gasteiger partial charge in [0.2, 0.25) is 11.6 Å². The third-order valence-electron chi connectivity index (χ3n) is 7.27. The minimum absolute atomic E-state index is 0.0236. The Bertz CT molecular complexity index is 1330. The van der Waals surface area contributed by atoms with Gasteiger partial charge in [0.1, 0.15) is 22.8 Å². The molecule has 0 spiro atoms. The zero-order valence-corrected chi connectivity index (χ0v) is 20.1. The van der Waals surface area contributed by atoms with Crippen LogP contribution in [0.5, 0.6) is 5.75 Å². The van der Waals surface area contributed by atoms with E-state index in [0.717, 1.165) is 0 Å². The first-order valence-electron chi connectivity index (χ1n) is 11.5. The molecule has 37 heavy (non-hydrogen) atoms. The number of allylic oxidation sites excluding steroid dienone is 1. The van der Waals surface area contributed by atoms with Crippen molar-refractivity contribution in [2.45, 2.75) is 24.9 Å². The molecular formula is C24H26N4O9. The second-order valence-electron chi connectivity index (χ2n) is 9.52. The van der Waals surface area contributed by atoms with Gasteiger partial charge in [0.15, 0.2) is 5.60 Å². The number of nitroso groups, excluding NO2 is 1. The van der Waals surface area contributed by atoms with Crippen molar-refractivity contribution < 1.29 is 39.6 Å². The maximum atomic E-state index is 13.6. The molecule has 0 radical (unpaired) electrons. The molecule has 13 heteroatoms. The molecule has 0 heterocycles. The van der Waals surface area contributed by atoms with Gasteiger partial charge in [-0.05, 0) is 35.6 Å². The van der Waals surface area contributed by atoms with Crippen LogP contribution in [-0.4, -0.2) is 76.7 Å². The number of benzene rings is 1. The van der Waals surface area contributed by atoms with Crippen molar-refractivity contribution in [3.05, 3.63) is 44.5 Å². The molecule has 1 saturated carbocycles. The molecule has 1 fully saturated rings. The van der Waals surface area contributed by atoms with Crippen LogP contribution in [0.25, 0.3) is 5.76 Å². The van der Waals surface area contributed by atoms with Crippen molar-refractivity contribution in [3.8, 4) is 5.75 Å². The molecule has 1 aromatic carbocycles. The highest BCUT2D eigenvalue weighted by Crippen LogP contribution is 2.53. The number of fused-ring (bicyclic) bond motifs is 3. The number of Topliss-reactive ketones (excluding diaryl/α,β-unsaturated/α-hetero) is 2. The Labute approximate surface area is 210 Å². The fourth-order valence-corrected chi connectivity index (χ4v) is 5.59. The van der Waals surface area contributed by atoms with Crippen molar-refractivity contribution in [3.63, 3.8) is 0 Å². The predicted molar refractivity (Wildman–Crippen MR) is 128 cm³/mol. The van der Waals surface area contributed by atoms with Gasteiger partial charge < -0.3 is 36.4 Å². The predicted octanol–water partition coefficient (Wildman–Crippen LogP) is -0.580. The number of ketones is 2. The third kappa shape index (κ3) is 3.69. The summed E-state index contributed by atoms with van der Waals surface area (Å²) in [4.78, 5) is 64.2. The number of nitrogens with two attached hydrogens (primary N) is 1. The van der Waals surface area contributed by atoms with E-state index < -0.39 is 63.6 Å². The number of phenols is 1. The Morgan fingerprint density at radius 1 is 1.22 bits per heavy atom. The smallest absolute Gasteiger partial charge is 0.255 e. The van der Waals surface area contributed by atoms with E-state index in [1.807, 2.05) is 0 Å². The second kappa shape index (κ2) is 9.09. The number of primary amides is 1. The minimum atomic E-state index is -2.77. The molecule has 3 atom stereocenters. The Hall–Kier alpha value is -4.10. The molecule has 0 bridgehead atoms. The molecule has 0 saturated heterocycles. The first kappa shape index (κ1) is 26.0. The van der Waals surface area contributed by atoms with Crippen LogP contribution in [0.15, 0.2) is 28.1 Å². The molecule has 4 rings (SSSR count). The Balaban J connectivity index is 1.92.